The molecular formula is C32H38Cl2SiZr. The molecular weight excluding hydrogens is 575 g/mol. The van der Waals surface area contributed by atoms with Gasteiger partial charge in [0.15, 0.2) is 0 Å². The molecule has 1 aliphatic heterocycles. The quantitative estimate of drug-likeness (QED) is 0.362. The molecule has 36 heavy (non-hydrogen) atoms. The van der Waals surface area contributed by atoms with Crippen molar-refractivity contribution in [3.05, 3.63) is 106 Å². The van der Waals surface area contributed by atoms with Crippen LogP contribution in [0.5, 0.6) is 0 Å². The maximum absolute atomic E-state index is 3.41. The van der Waals surface area contributed by atoms with Gasteiger partial charge in [0.1, 0.15) is 0 Å². The van der Waals surface area contributed by atoms with Crippen molar-refractivity contribution in [2.75, 3.05) is 0 Å². The number of hydrogen-bond donors (Lipinski definition) is 0. The molecule has 2 radical (unpaired) electrons. The number of aryl methyl sites for hydroxylation is 2. The molecule has 0 spiro atoms. The molecule has 2 atom stereocenters. The molecule has 4 heteroatoms. The topological polar surface area (TPSA) is 0 Å². The molecule has 0 saturated carbocycles. The van der Waals surface area contributed by atoms with Crippen molar-refractivity contribution >= 4 is 20.7 Å². The second-order valence-electron chi connectivity index (χ2n) is 9.47. The van der Waals surface area contributed by atoms with Gasteiger partial charge in [0.25, 0.3) is 0 Å². The van der Waals surface area contributed by atoms with Crippen LogP contribution in [0.25, 0.3) is 11.1 Å². The molecule has 0 amide bonds. The van der Waals surface area contributed by atoms with Crippen molar-refractivity contribution in [2.45, 2.75) is 66.5 Å². The van der Waals surface area contributed by atoms with Gasteiger partial charge in [-0.3, -0.25) is 12.2 Å². The summed E-state index contributed by atoms with van der Waals surface area (Å²) in [5.41, 5.74) is 10.5. The molecule has 1 saturated heterocycles. The molecule has 2 aromatic rings. The van der Waals surface area contributed by atoms with Crippen molar-refractivity contribution in [2.24, 2.45) is 11.8 Å². The second-order valence-corrected chi connectivity index (χ2v) is 11.0. The van der Waals surface area contributed by atoms with Gasteiger partial charge in [-0.2, -0.15) is 23.3 Å². The maximum atomic E-state index is 3.41. The van der Waals surface area contributed by atoms with E-state index in [9.17, 15) is 0 Å². The molecule has 2 aliphatic carbocycles. The van der Waals surface area contributed by atoms with Crippen LogP contribution in [0.1, 0.15) is 62.8 Å². The zero-order valence-electron chi connectivity index (χ0n) is 22.5. The fourth-order valence-corrected chi connectivity index (χ4v) is 5.80. The first kappa shape index (κ1) is 35.1. The van der Waals surface area contributed by atoms with Crippen LogP contribution in [0.15, 0.2) is 71.8 Å². The number of hydrogen-bond acceptors (Lipinski definition) is 0. The van der Waals surface area contributed by atoms with Gasteiger partial charge in [0.05, 0.1) is 0 Å². The molecule has 0 aromatic heterocycles. The van der Waals surface area contributed by atoms with Crippen LogP contribution in [-0.2, 0) is 26.2 Å². The van der Waals surface area contributed by atoms with Crippen molar-refractivity contribution < 1.29 is 51.0 Å². The fourth-order valence-electron chi connectivity index (χ4n) is 4.55. The predicted octanol–water partition coefficient (Wildman–Crippen LogP) is 2.88. The van der Waals surface area contributed by atoms with E-state index in [1.165, 1.54) is 79.0 Å². The predicted molar refractivity (Wildman–Crippen MR) is 146 cm³/mol. The van der Waals surface area contributed by atoms with Gasteiger partial charge in [-0.1, -0.05) is 124 Å². The Bertz CT molecular complexity index is 988. The normalized spacial score (nSPS) is 19.4. The fraction of sp³-hybridized carbons (Fsp3) is 0.375. The van der Waals surface area contributed by atoms with E-state index < -0.39 is 0 Å². The number of rotatable bonds is 2. The summed E-state index contributed by atoms with van der Waals surface area (Å²) in [5, 5.41) is 0. The van der Waals surface area contributed by atoms with Crippen LogP contribution in [0.3, 0.4) is 0 Å². The van der Waals surface area contributed by atoms with Gasteiger partial charge in [0.2, 0.25) is 0 Å². The third-order valence-corrected chi connectivity index (χ3v) is 7.56. The molecule has 188 valence electrons. The minimum atomic E-state index is 0. The van der Waals surface area contributed by atoms with E-state index in [0.29, 0.717) is 11.8 Å². The van der Waals surface area contributed by atoms with Gasteiger partial charge < -0.3 is 24.8 Å². The number of allylic oxidation sites excluding steroid dienone is 8. The van der Waals surface area contributed by atoms with Gasteiger partial charge in [-0.05, 0) is 13.8 Å². The average molecular weight is 613 g/mol. The zero-order chi connectivity index (χ0) is 23.8. The third kappa shape index (κ3) is 10.8. The SMILES string of the molecule is C1CC[Si]C1.CC1=[C-]C(C)C=C1c1cccc(C)c1.CC1=[C-]C(C)C=C1c1cccc(C)c1.[Cl-].[Cl-].[Zr+4]. The Balaban J connectivity index is 0.000000534. The minimum absolute atomic E-state index is 0. The van der Waals surface area contributed by atoms with Gasteiger partial charge in [-0.25, -0.2) is 11.1 Å². The zero-order valence-corrected chi connectivity index (χ0v) is 27.5. The maximum Gasteiger partial charge on any atom is 4.00 e. The van der Waals surface area contributed by atoms with Crippen molar-refractivity contribution in [1.29, 1.82) is 0 Å². The standard InChI is InChI=1S/2C14H15.C4H8Si.2ClH.Zr/c2*1-10-5-4-6-13(8-10)14-9-11(2)7-12(14)3;1-2-4-5-3-1;;;/h2*4-6,8-9,11H,1-3H3;1-4H2;2*1H;/q2*-1;;;;+4/p-2. The van der Waals surface area contributed by atoms with Crippen molar-refractivity contribution in [3.63, 3.8) is 0 Å². The number of benzene rings is 2. The Kier molecular flexibility index (Phi) is 17.1. The Hall–Kier alpha value is -0.920. The van der Waals surface area contributed by atoms with E-state index in [2.05, 4.69) is 114 Å². The van der Waals surface area contributed by atoms with E-state index in [1.807, 2.05) is 0 Å². The molecule has 2 aromatic carbocycles. The Morgan fingerprint density at radius 2 is 1.06 bits per heavy atom. The van der Waals surface area contributed by atoms with Crippen molar-refractivity contribution in [1.82, 2.24) is 0 Å². The van der Waals surface area contributed by atoms with E-state index in [4.69, 9.17) is 0 Å². The van der Waals surface area contributed by atoms with Gasteiger partial charge >= 0.3 is 26.2 Å². The largest absolute Gasteiger partial charge is 4.00 e. The van der Waals surface area contributed by atoms with Crippen molar-refractivity contribution in [3.8, 4) is 0 Å². The van der Waals surface area contributed by atoms with E-state index in [1.54, 1.807) is 0 Å². The van der Waals surface area contributed by atoms with E-state index >= 15 is 0 Å². The van der Waals surface area contributed by atoms with Crippen LogP contribution in [0.2, 0.25) is 12.1 Å². The monoisotopic (exact) mass is 610 g/mol. The average Bonchev–Trinajstić information content (AvgIpc) is 3.52. The minimum Gasteiger partial charge on any atom is -1.00 e. The summed E-state index contributed by atoms with van der Waals surface area (Å²) < 4.78 is 0. The summed E-state index contributed by atoms with van der Waals surface area (Å²) in [5.74, 6) is 0.927. The third-order valence-electron chi connectivity index (χ3n) is 6.14. The summed E-state index contributed by atoms with van der Waals surface area (Å²) in [4.78, 5) is 0. The van der Waals surface area contributed by atoms with E-state index in [0.717, 1.165) is 0 Å². The van der Waals surface area contributed by atoms with Crippen LogP contribution >= 0.6 is 0 Å². The molecule has 5 rings (SSSR count). The second kappa shape index (κ2) is 17.6. The Morgan fingerprint density at radius 3 is 1.31 bits per heavy atom. The van der Waals surface area contributed by atoms with Gasteiger partial charge in [-0.15, -0.1) is 11.1 Å². The molecule has 1 heterocycles. The summed E-state index contributed by atoms with van der Waals surface area (Å²) in [6.45, 7) is 12.9. The molecule has 2 unspecified atom stereocenters. The number of halogens is 2. The molecule has 1 fully saturated rings. The summed E-state index contributed by atoms with van der Waals surface area (Å²) in [6.07, 6.45) is 14.4. The Morgan fingerprint density at radius 1 is 0.667 bits per heavy atom. The molecule has 0 N–H and O–H groups in total. The van der Waals surface area contributed by atoms with E-state index in [-0.39, 0.29) is 51.0 Å². The summed E-state index contributed by atoms with van der Waals surface area (Å²) in [6, 6.07) is 20.3. The van der Waals surface area contributed by atoms with Crippen LogP contribution < -0.4 is 24.8 Å². The molecule has 0 nitrogen and oxygen atoms in total. The van der Waals surface area contributed by atoms with Gasteiger partial charge in [0, 0.05) is 9.52 Å². The van der Waals surface area contributed by atoms with Crippen LogP contribution in [-0.4, -0.2) is 9.52 Å². The first-order valence-electron chi connectivity index (χ1n) is 12.3. The molecule has 0 bridgehead atoms. The summed E-state index contributed by atoms with van der Waals surface area (Å²) >= 11 is 0. The first-order chi connectivity index (χ1) is 15.8. The van der Waals surface area contributed by atoms with Crippen LogP contribution in [0.4, 0.5) is 0 Å². The molecule has 3 aliphatic rings. The Labute approximate surface area is 254 Å². The smallest absolute Gasteiger partial charge is 1.00 e. The first-order valence-corrected chi connectivity index (χ1v) is 13.7. The summed E-state index contributed by atoms with van der Waals surface area (Å²) in [7, 11) is 1.31. The van der Waals surface area contributed by atoms with Crippen LogP contribution in [0, 0.1) is 37.8 Å².